The highest BCUT2D eigenvalue weighted by Crippen LogP contribution is 2.35. The van der Waals surface area contributed by atoms with Gasteiger partial charge in [-0.25, -0.2) is 4.98 Å². The number of halogens is 1. The molecular weight excluding hydrogens is 374 g/mol. The van der Waals surface area contributed by atoms with Crippen LogP contribution in [0.1, 0.15) is 18.4 Å². The van der Waals surface area contributed by atoms with E-state index in [0.29, 0.717) is 17.3 Å². The molecule has 3 heterocycles. The first-order valence-corrected chi connectivity index (χ1v) is 10.0. The van der Waals surface area contributed by atoms with Crippen LogP contribution in [0.3, 0.4) is 0 Å². The molecule has 0 radical (unpaired) electrons. The molecule has 0 saturated carbocycles. The Balaban J connectivity index is 1.79. The number of ether oxygens (including phenoxy) is 1. The van der Waals surface area contributed by atoms with Crippen molar-refractivity contribution in [3.05, 3.63) is 41.2 Å². The molecule has 0 spiro atoms. The van der Waals surface area contributed by atoms with Crippen molar-refractivity contribution in [3.8, 4) is 17.0 Å². The number of aryl methyl sites for hydroxylation is 1. The van der Waals surface area contributed by atoms with Crippen LogP contribution in [0.4, 0.5) is 11.4 Å². The van der Waals surface area contributed by atoms with Gasteiger partial charge in [0.05, 0.1) is 29.2 Å². The van der Waals surface area contributed by atoms with E-state index < -0.39 is 0 Å². The van der Waals surface area contributed by atoms with E-state index in [1.54, 1.807) is 7.11 Å². The van der Waals surface area contributed by atoms with E-state index in [1.165, 1.54) is 18.5 Å². The minimum Gasteiger partial charge on any atom is -0.495 e. The van der Waals surface area contributed by atoms with Crippen LogP contribution in [0.25, 0.3) is 16.9 Å². The molecule has 0 bridgehead atoms. The van der Waals surface area contributed by atoms with Gasteiger partial charge < -0.3 is 25.1 Å². The fourth-order valence-corrected chi connectivity index (χ4v) is 4.04. The van der Waals surface area contributed by atoms with Gasteiger partial charge in [-0.15, -0.1) is 0 Å². The Labute approximate surface area is 170 Å². The van der Waals surface area contributed by atoms with Crippen molar-refractivity contribution in [1.29, 1.82) is 0 Å². The maximum Gasteiger partial charge on any atom is 0.139 e. The first kappa shape index (κ1) is 18.9. The molecule has 3 N–H and O–H groups in total. The molecule has 1 fully saturated rings. The highest BCUT2D eigenvalue weighted by atomic mass is 35.5. The molecule has 0 aliphatic carbocycles. The summed E-state index contributed by atoms with van der Waals surface area (Å²) < 4.78 is 7.38. The second-order valence-corrected chi connectivity index (χ2v) is 7.58. The molecule has 1 saturated heterocycles. The zero-order valence-corrected chi connectivity index (χ0v) is 17.1. The molecular formula is C21H26ClN5O. The summed E-state index contributed by atoms with van der Waals surface area (Å²) in [5, 5.41) is 4.05. The van der Waals surface area contributed by atoms with Crippen LogP contribution in [0.5, 0.6) is 5.75 Å². The van der Waals surface area contributed by atoms with E-state index in [0.717, 1.165) is 47.8 Å². The number of pyridine rings is 1. The number of methoxy groups -OCH3 is 1. The second-order valence-electron chi connectivity index (χ2n) is 7.18. The van der Waals surface area contributed by atoms with Crippen molar-refractivity contribution in [2.75, 3.05) is 43.5 Å². The van der Waals surface area contributed by atoms with Crippen molar-refractivity contribution >= 4 is 28.6 Å². The summed E-state index contributed by atoms with van der Waals surface area (Å²) in [5.74, 6) is 0.677. The molecule has 1 aromatic carbocycles. The first-order valence-electron chi connectivity index (χ1n) is 9.67. The van der Waals surface area contributed by atoms with Crippen LogP contribution in [-0.2, 0) is 0 Å². The van der Waals surface area contributed by atoms with E-state index in [9.17, 15) is 0 Å². The lowest BCUT2D eigenvalue weighted by Gasteiger charge is -2.22. The molecule has 1 aliphatic heterocycles. The minimum atomic E-state index is 0.586. The van der Waals surface area contributed by atoms with Crippen LogP contribution in [0, 0.1) is 6.92 Å². The standard InChI is InChI=1S/C21H26ClN5O/c1-14-9-20(28-2)16(22)10-15(14)17-12-27-13-18(24-6-5-23)19(11-21(27)25-17)26-7-3-4-8-26/h9-13,24H,3-8,23H2,1-2H3. The van der Waals surface area contributed by atoms with Gasteiger partial charge in [-0.3, -0.25) is 0 Å². The lowest BCUT2D eigenvalue weighted by Crippen LogP contribution is -2.21. The Bertz CT molecular complexity index is 994. The molecule has 3 aromatic rings. The lowest BCUT2D eigenvalue weighted by molar-refractivity contribution is 0.415. The fraction of sp³-hybridized carbons (Fsp3) is 0.381. The fourth-order valence-electron chi connectivity index (χ4n) is 3.80. The number of hydrogen-bond acceptors (Lipinski definition) is 5. The molecule has 0 atom stereocenters. The molecule has 28 heavy (non-hydrogen) atoms. The lowest BCUT2D eigenvalue weighted by atomic mass is 10.1. The second kappa shape index (κ2) is 7.89. The maximum absolute atomic E-state index is 6.36. The molecule has 0 amide bonds. The summed E-state index contributed by atoms with van der Waals surface area (Å²) in [5.41, 5.74) is 11.9. The van der Waals surface area contributed by atoms with Gasteiger partial charge in [0.15, 0.2) is 0 Å². The van der Waals surface area contributed by atoms with E-state index >= 15 is 0 Å². The van der Waals surface area contributed by atoms with Gasteiger partial charge in [0.1, 0.15) is 11.4 Å². The number of benzene rings is 1. The number of fused-ring (bicyclic) bond motifs is 1. The number of anilines is 2. The van der Waals surface area contributed by atoms with E-state index in [4.69, 9.17) is 27.1 Å². The summed E-state index contributed by atoms with van der Waals surface area (Å²) in [4.78, 5) is 7.30. The van der Waals surface area contributed by atoms with E-state index in [-0.39, 0.29) is 0 Å². The molecule has 148 valence electrons. The number of nitrogens with zero attached hydrogens (tertiary/aromatic N) is 3. The zero-order chi connectivity index (χ0) is 19.7. The Morgan fingerprint density at radius 3 is 2.71 bits per heavy atom. The number of aromatic nitrogens is 2. The minimum absolute atomic E-state index is 0.586. The zero-order valence-electron chi connectivity index (χ0n) is 16.3. The van der Waals surface area contributed by atoms with Crippen LogP contribution >= 0.6 is 11.6 Å². The highest BCUT2D eigenvalue weighted by molar-refractivity contribution is 6.32. The normalized spacial score (nSPS) is 14.1. The third kappa shape index (κ3) is 3.50. The first-order chi connectivity index (χ1) is 13.6. The van der Waals surface area contributed by atoms with Crippen molar-refractivity contribution in [2.24, 2.45) is 5.73 Å². The monoisotopic (exact) mass is 399 g/mol. The summed E-state index contributed by atoms with van der Waals surface area (Å²) >= 11 is 6.36. The van der Waals surface area contributed by atoms with Crippen molar-refractivity contribution < 1.29 is 4.74 Å². The average molecular weight is 400 g/mol. The summed E-state index contributed by atoms with van der Waals surface area (Å²) in [6.07, 6.45) is 6.60. The van der Waals surface area contributed by atoms with Crippen LogP contribution < -0.4 is 20.7 Å². The summed E-state index contributed by atoms with van der Waals surface area (Å²) in [6, 6.07) is 6.03. The third-order valence-corrected chi connectivity index (χ3v) is 5.55. The number of nitrogens with one attached hydrogen (secondary N) is 1. The molecule has 0 unspecified atom stereocenters. The van der Waals surface area contributed by atoms with Crippen molar-refractivity contribution in [3.63, 3.8) is 0 Å². The van der Waals surface area contributed by atoms with Gasteiger partial charge in [0.2, 0.25) is 0 Å². The van der Waals surface area contributed by atoms with Gasteiger partial charge in [0, 0.05) is 50.2 Å². The molecule has 1 aliphatic rings. The molecule has 4 rings (SSSR count). The van der Waals surface area contributed by atoms with Gasteiger partial charge >= 0.3 is 0 Å². The van der Waals surface area contributed by atoms with Gasteiger partial charge in [0.25, 0.3) is 0 Å². The van der Waals surface area contributed by atoms with Gasteiger partial charge in [-0.1, -0.05) is 11.6 Å². The van der Waals surface area contributed by atoms with Crippen LogP contribution in [-0.4, -0.2) is 42.7 Å². The van der Waals surface area contributed by atoms with Crippen LogP contribution in [0.2, 0.25) is 5.02 Å². The number of hydrogen-bond donors (Lipinski definition) is 2. The predicted octanol–water partition coefficient (Wildman–Crippen LogP) is 3.94. The largest absolute Gasteiger partial charge is 0.495 e. The topological polar surface area (TPSA) is 67.8 Å². The third-order valence-electron chi connectivity index (χ3n) is 5.25. The Morgan fingerprint density at radius 1 is 1.21 bits per heavy atom. The van der Waals surface area contributed by atoms with Crippen LogP contribution in [0.15, 0.2) is 30.6 Å². The Morgan fingerprint density at radius 2 is 2.00 bits per heavy atom. The molecule has 6 nitrogen and oxygen atoms in total. The molecule has 2 aromatic heterocycles. The molecule has 7 heteroatoms. The summed E-state index contributed by atoms with van der Waals surface area (Å²) in [6.45, 7) is 5.53. The van der Waals surface area contributed by atoms with Crippen molar-refractivity contribution in [1.82, 2.24) is 9.38 Å². The quantitative estimate of drug-likeness (QED) is 0.657. The maximum atomic E-state index is 6.36. The number of imidazole rings is 1. The SMILES string of the molecule is COc1cc(C)c(-c2cn3cc(NCCN)c(N4CCCC4)cc3n2)cc1Cl. The number of nitrogens with two attached hydrogens (primary N) is 1. The van der Waals surface area contributed by atoms with Gasteiger partial charge in [-0.2, -0.15) is 0 Å². The van der Waals surface area contributed by atoms with Crippen molar-refractivity contribution in [2.45, 2.75) is 19.8 Å². The van der Waals surface area contributed by atoms with E-state index in [2.05, 4.69) is 26.9 Å². The highest BCUT2D eigenvalue weighted by Gasteiger charge is 2.18. The van der Waals surface area contributed by atoms with E-state index in [1.807, 2.05) is 25.3 Å². The predicted molar refractivity (Wildman–Crippen MR) is 116 cm³/mol. The Hall–Kier alpha value is -2.44. The Kier molecular flexibility index (Phi) is 5.33. The average Bonchev–Trinajstić information content (AvgIpc) is 3.36. The smallest absolute Gasteiger partial charge is 0.139 e. The summed E-state index contributed by atoms with van der Waals surface area (Å²) in [7, 11) is 1.63. The number of rotatable bonds is 6. The van der Waals surface area contributed by atoms with Gasteiger partial charge in [-0.05, 0) is 37.5 Å².